The average molecular weight is 289 g/mol. The van der Waals surface area contributed by atoms with Gasteiger partial charge >= 0.3 is 0 Å². The van der Waals surface area contributed by atoms with Crippen LogP contribution in [0.3, 0.4) is 0 Å². The SMILES string of the molecule is O=C(Cc1ccc2cc[nH]c2c1)Nc1cccc2cc[nH]c12. The molecule has 2 aromatic heterocycles. The third kappa shape index (κ3) is 2.24. The predicted octanol–water partition coefficient (Wildman–Crippen LogP) is 3.83. The van der Waals surface area contributed by atoms with E-state index in [-0.39, 0.29) is 5.91 Å². The first-order valence-corrected chi connectivity index (χ1v) is 7.21. The van der Waals surface area contributed by atoms with Crippen LogP contribution in [0.25, 0.3) is 21.8 Å². The number of benzene rings is 2. The third-order valence-electron chi connectivity index (χ3n) is 3.85. The molecule has 4 aromatic rings. The van der Waals surface area contributed by atoms with E-state index >= 15 is 0 Å². The molecule has 0 fully saturated rings. The van der Waals surface area contributed by atoms with Crippen molar-refractivity contribution in [2.24, 2.45) is 0 Å². The molecule has 0 aliphatic heterocycles. The lowest BCUT2D eigenvalue weighted by atomic mass is 10.1. The van der Waals surface area contributed by atoms with Crippen molar-refractivity contribution in [3.05, 3.63) is 66.5 Å². The molecular formula is C18H15N3O. The summed E-state index contributed by atoms with van der Waals surface area (Å²) in [5, 5.41) is 5.22. The van der Waals surface area contributed by atoms with Crippen LogP contribution in [-0.4, -0.2) is 15.9 Å². The second-order valence-electron chi connectivity index (χ2n) is 5.37. The van der Waals surface area contributed by atoms with Gasteiger partial charge in [0.15, 0.2) is 0 Å². The summed E-state index contributed by atoms with van der Waals surface area (Å²) in [6.07, 6.45) is 4.13. The van der Waals surface area contributed by atoms with Gasteiger partial charge in [-0.05, 0) is 35.2 Å². The molecule has 4 nitrogen and oxygen atoms in total. The molecule has 0 aliphatic rings. The Balaban J connectivity index is 1.55. The fraction of sp³-hybridized carbons (Fsp3) is 0.0556. The summed E-state index contributed by atoms with van der Waals surface area (Å²) in [6.45, 7) is 0. The van der Waals surface area contributed by atoms with E-state index in [2.05, 4.69) is 15.3 Å². The number of H-pyrrole nitrogens is 2. The second kappa shape index (κ2) is 5.07. The molecule has 3 N–H and O–H groups in total. The summed E-state index contributed by atoms with van der Waals surface area (Å²) in [6, 6.07) is 15.9. The number of anilines is 1. The summed E-state index contributed by atoms with van der Waals surface area (Å²) in [4.78, 5) is 18.6. The van der Waals surface area contributed by atoms with E-state index in [9.17, 15) is 4.79 Å². The van der Waals surface area contributed by atoms with E-state index in [1.165, 1.54) is 0 Å². The van der Waals surface area contributed by atoms with Crippen LogP contribution in [-0.2, 0) is 11.2 Å². The Labute approximate surface area is 127 Å². The van der Waals surface area contributed by atoms with Gasteiger partial charge in [0.1, 0.15) is 0 Å². The molecular weight excluding hydrogens is 274 g/mol. The van der Waals surface area contributed by atoms with E-state index in [1.807, 2.05) is 60.9 Å². The van der Waals surface area contributed by atoms with Crippen molar-refractivity contribution in [2.75, 3.05) is 5.32 Å². The Bertz CT molecular complexity index is 964. The first kappa shape index (κ1) is 12.7. The Hall–Kier alpha value is -3.01. The molecule has 2 aromatic carbocycles. The van der Waals surface area contributed by atoms with Crippen LogP contribution in [0.2, 0.25) is 0 Å². The van der Waals surface area contributed by atoms with Crippen molar-refractivity contribution < 1.29 is 4.79 Å². The number of aromatic amines is 2. The third-order valence-corrected chi connectivity index (χ3v) is 3.85. The monoisotopic (exact) mass is 289 g/mol. The molecule has 22 heavy (non-hydrogen) atoms. The molecule has 108 valence electrons. The molecule has 0 bridgehead atoms. The van der Waals surface area contributed by atoms with Gasteiger partial charge in [-0.3, -0.25) is 4.79 Å². The van der Waals surface area contributed by atoms with E-state index in [0.717, 1.165) is 33.1 Å². The average Bonchev–Trinajstić information content (AvgIpc) is 3.15. The minimum Gasteiger partial charge on any atom is -0.361 e. The highest BCUT2D eigenvalue weighted by Gasteiger charge is 2.08. The summed E-state index contributed by atoms with van der Waals surface area (Å²) < 4.78 is 0. The fourth-order valence-electron chi connectivity index (χ4n) is 2.77. The van der Waals surface area contributed by atoms with Gasteiger partial charge in [0.2, 0.25) is 5.91 Å². The van der Waals surface area contributed by atoms with Crippen molar-refractivity contribution in [1.29, 1.82) is 0 Å². The van der Waals surface area contributed by atoms with Crippen molar-refractivity contribution >= 4 is 33.4 Å². The molecule has 0 unspecified atom stereocenters. The van der Waals surface area contributed by atoms with Crippen LogP contribution < -0.4 is 5.32 Å². The van der Waals surface area contributed by atoms with E-state index in [1.54, 1.807) is 0 Å². The quantitative estimate of drug-likeness (QED) is 0.527. The zero-order valence-electron chi connectivity index (χ0n) is 11.9. The molecule has 2 heterocycles. The molecule has 0 saturated heterocycles. The lowest BCUT2D eigenvalue weighted by Crippen LogP contribution is -2.14. The Morgan fingerprint density at radius 2 is 1.82 bits per heavy atom. The number of nitrogens with one attached hydrogen (secondary N) is 3. The van der Waals surface area contributed by atoms with Crippen LogP contribution in [0.15, 0.2) is 60.9 Å². The number of aromatic nitrogens is 2. The number of fused-ring (bicyclic) bond motifs is 2. The number of rotatable bonds is 3. The second-order valence-corrected chi connectivity index (χ2v) is 5.37. The van der Waals surface area contributed by atoms with Crippen LogP contribution >= 0.6 is 0 Å². The van der Waals surface area contributed by atoms with Gasteiger partial charge in [-0.1, -0.05) is 24.3 Å². The van der Waals surface area contributed by atoms with Gasteiger partial charge in [-0.15, -0.1) is 0 Å². The van der Waals surface area contributed by atoms with Crippen LogP contribution in [0.5, 0.6) is 0 Å². The topological polar surface area (TPSA) is 60.7 Å². The van der Waals surface area contributed by atoms with Gasteiger partial charge in [0.05, 0.1) is 17.6 Å². The van der Waals surface area contributed by atoms with Crippen molar-refractivity contribution in [2.45, 2.75) is 6.42 Å². The van der Waals surface area contributed by atoms with Crippen molar-refractivity contribution in [3.63, 3.8) is 0 Å². The molecule has 0 saturated carbocycles. The zero-order valence-corrected chi connectivity index (χ0v) is 11.9. The van der Waals surface area contributed by atoms with Gasteiger partial charge < -0.3 is 15.3 Å². The Morgan fingerprint density at radius 1 is 0.955 bits per heavy atom. The van der Waals surface area contributed by atoms with Crippen LogP contribution in [0.4, 0.5) is 5.69 Å². The minimum atomic E-state index is -0.0204. The number of hydrogen-bond acceptors (Lipinski definition) is 1. The normalized spacial score (nSPS) is 11.1. The summed E-state index contributed by atoms with van der Waals surface area (Å²) >= 11 is 0. The predicted molar refractivity (Wildman–Crippen MR) is 88.9 cm³/mol. The molecule has 0 aliphatic carbocycles. The van der Waals surface area contributed by atoms with Gasteiger partial charge in [0, 0.05) is 23.3 Å². The van der Waals surface area contributed by atoms with E-state index in [0.29, 0.717) is 6.42 Å². The molecule has 4 rings (SSSR count). The van der Waals surface area contributed by atoms with Gasteiger partial charge in [0.25, 0.3) is 0 Å². The fourth-order valence-corrected chi connectivity index (χ4v) is 2.77. The maximum atomic E-state index is 12.3. The largest absolute Gasteiger partial charge is 0.361 e. The highest BCUT2D eigenvalue weighted by atomic mass is 16.1. The molecule has 0 atom stereocenters. The first-order valence-electron chi connectivity index (χ1n) is 7.21. The minimum absolute atomic E-state index is 0.0204. The summed E-state index contributed by atoms with van der Waals surface area (Å²) in [7, 11) is 0. The molecule has 0 spiro atoms. The highest BCUT2D eigenvalue weighted by Crippen LogP contribution is 2.22. The van der Waals surface area contributed by atoms with E-state index in [4.69, 9.17) is 0 Å². The maximum Gasteiger partial charge on any atom is 0.228 e. The zero-order chi connectivity index (χ0) is 14.9. The van der Waals surface area contributed by atoms with E-state index < -0.39 is 0 Å². The smallest absolute Gasteiger partial charge is 0.228 e. The van der Waals surface area contributed by atoms with Gasteiger partial charge in [-0.2, -0.15) is 0 Å². The molecule has 1 amide bonds. The highest BCUT2D eigenvalue weighted by molar-refractivity contribution is 6.01. The van der Waals surface area contributed by atoms with Crippen LogP contribution in [0.1, 0.15) is 5.56 Å². The standard InChI is InChI=1S/C18H15N3O/c22-17(11-12-4-5-13-6-8-19-16(13)10-12)21-15-3-1-2-14-7-9-20-18(14)15/h1-10,19-20H,11H2,(H,21,22). The lowest BCUT2D eigenvalue weighted by Gasteiger charge is -2.07. The first-order chi connectivity index (χ1) is 10.8. The Morgan fingerprint density at radius 3 is 2.77 bits per heavy atom. The number of carbonyl (C=O) groups excluding carboxylic acids is 1. The van der Waals surface area contributed by atoms with Crippen molar-refractivity contribution in [1.82, 2.24) is 9.97 Å². The summed E-state index contributed by atoms with van der Waals surface area (Å²) in [5.41, 5.74) is 3.81. The van der Waals surface area contributed by atoms with Crippen LogP contribution in [0, 0.1) is 0 Å². The molecule has 0 radical (unpaired) electrons. The number of para-hydroxylation sites is 1. The van der Waals surface area contributed by atoms with Gasteiger partial charge in [-0.25, -0.2) is 0 Å². The number of carbonyl (C=O) groups is 1. The lowest BCUT2D eigenvalue weighted by molar-refractivity contribution is -0.115. The number of amides is 1. The maximum absolute atomic E-state index is 12.3. The van der Waals surface area contributed by atoms with Crippen molar-refractivity contribution in [3.8, 4) is 0 Å². The number of hydrogen-bond donors (Lipinski definition) is 3. The summed E-state index contributed by atoms with van der Waals surface area (Å²) in [5.74, 6) is -0.0204. The molecule has 4 heteroatoms. The Kier molecular flexibility index (Phi) is 2.93.